The number of piperidine rings is 1. The summed E-state index contributed by atoms with van der Waals surface area (Å²) in [4.78, 5) is 13.9. The lowest BCUT2D eigenvalue weighted by Gasteiger charge is -2.31. The molecule has 110 valence electrons. The third kappa shape index (κ3) is 3.91. The number of nitrogen functional groups attached to an aromatic ring is 1. The number of benzene rings is 1. The number of aliphatic hydroxyl groups is 1. The molecule has 0 aromatic heterocycles. The number of halogens is 1. The largest absolute Gasteiger partial charge is 0.396 e. The Bertz CT molecular complexity index is 481. The Kier molecular flexibility index (Phi) is 4.92. The van der Waals surface area contributed by atoms with E-state index < -0.39 is 5.82 Å². The maximum atomic E-state index is 13.0. The lowest BCUT2D eigenvalue weighted by Crippen LogP contribution is -2.41. The molecule has 0 spiro atoms. The van der Waals surface area contributed by atoms with Gasteiger partial charge >= 0.3 is 0 Å². The zero-order valence-corrected chi connectivity index (χ0v) is 11.3. The van der Waals surface area contributed by atoms with Gasteiger partial charge in [0.1, 0.15) is 5.82 Å². The number of amides is 1. The summed E-state index contributed by atoms with van der Waals surface area (Å²) < 4.78 is 13.0. The van der Waals surface area contributed by atoms with Crippen molar-refractivity contribution in [1.29, 1.82) is 0 Å². The van der Waals surface area contributed by atoms with Gasteiger partial charge in [0, 0.05) is 18.8 Å². The van der Waals surface area contributed by atoms with Gasteiger partial charge in [0.05, 0.1) is 12.2 Å². The van der Waals surface area contributed by atoms with Gasteiger partial charge in [-0.3, -0.25) is 9.69 Å². The Morgan fingerprint density at radius 1 is 1.55 bits per heavy atom. The number of nitrogens with zero attached hydrogens (tertiary/aromatic N) is 1. The molecular weight excluding hydrogens is 261 g/mol. The second-order valence-electron chi connectivity index (χ2n) is 5.21. The summed E-state index contributed by atoms with van der Waals surface area (Å²) in [5.74, 6) is -0.405. The van der Waals surface area contributed by atoms with Gasteiger partial charge in [0.15, 0.2) is 0 Å². The number of nitrogens with two attached hydrogens (primary N) is 1. The molecule has 1 aliphatic rings. The lowest BCUT2D eigenvalue weighted by atomic mass is 9.99. The molecule has 1 heterocycles. The topological polar surface area (TPSA) is 78.6 Å². The molecule has 0 bridgehead atoms. The Morgan fingerprint density at radius 2 is 2.35 bits per heavy atom. The monoisotopic (exact) mass is 281 g/mol. The minimum absolute atomic E-state index is 0.0149. The van der Waals surface area contributed by atoms with Crippen LogP contribution in [0, 0.1) is 11.7 Å². The highest BCUT2D eigenvalue weighted by Gasteiger charge is 2.20. The second-order valence-corrected chi connectivity index (χ2v) is 5.21. The Hall–Kier alpha value is -1.66. The molecule has 6 heteroatoms. The molecule has 1 fully saturated rings. The Balaban J connectivity index is 1.87. The summed E-state index contributed by atoms with van der Waals surface area (Å²) in [6.07, 6.45) is 1.99. The van der Waals surface area contributed by atoms with Crippen molar-refractivity contribution in [3.05, 3.63) is 24.0 Å². The number of nitrogens with one attached hydrogen (secondary N) is 1. The zero-order valence-electron chi connectivity index (χ0n) is 11.3. The first-order valence-electron chi connectivity index (χ1n) is 6.76. The molecule has 1 amide bonds. The van der Waals surface area contributed by atoms with Gasteiger partial charge in [-0.25, -0.2) is 4.39 Å². The van der Waals surface area contributed by atoms with Crippen LogP contribution in [0.3, 0.4) is 0 Å². The summed E-state index contributed by atoms with van der Waals surface area (Å²) in [5, 5.41) is 11.9. The summed E-state index contributed by atoms with van der Waals surface area (Å²) in [6, 6.07) is 4.12. The van der Waals surface area contributed by atoms with E-state index >= 15 is 0 Å². The average molecular weight is 281 g/mol. The van der Waals surface area contributed by atoms with Crippen molar-refractivity contribution < 1.29 is 14.3 Å². The number of hydrogen-bond donors (Lipinski definition) is 3. The summed E-state index contributed by atoms with van der Waals surface area (Å²) >= 11 is 0. The molecule has 1 aromatic carbocycles. The van der Waals surface area contributed by atoms with E-state index in [1.807, 2.05) is 4.90 Å². The number of rotatable bonds is 4. The molecule has 1 atom stereocenters. The molecule has 0 radical (unpaired) electrons. The van der Waals surface area contributed by atoms with Crippen LogP contribution in [0.4, 0.5) is 15.8 Å². The van der Waals surface area contributed by atoms with E-state index in [4.69, 9.17) is 10.8 Å². The fourth-order valence-corrected chi connectivity index (χ4v) is 2.47. The van der Waals surface area contributed by atoms with Crippen LogP contribution >= 0.6 is 0 Å². The predicted molar refractivity (Wildman–Crippen MR) is 75.7 cm³/mol. The molecule has 0 aliphatic carbocycles. The van der Waals surface area contributed by atoms with Gasteiger partial charge < -0.3 is 16.2 Å². The zero-order chi connectivity index (χ0) is 14.5. The van der Waals surface area contributed by atoms with Crippen molar-refractivity contribution in [3.63, 3.8) is 0 Å². The number of anilines is 2. The van der Waals surface area contributed by atoms with E-state index in [-0.39, 0.29) is 30.7 Å². The van der Waals surface area contributed by atoms with E-state index in [0.717, 1.165) is 25.9 Å². The van der Waals surface area contributed by atoms with Crippen LogP contribution in [0.5, 0.6) is 0 Å². The first-order valence-corrected chi connectivity index (χ1v) is 6.76. The third-order valence-corrected chi connectivity index (χ3v) is 3.51. The smallest absolute Gasteiger partial charge is 0.238 e. The molecule has 1 aliphatic heterocycles. The third-order valence-electron chi connectivity index (χ3n) is 3.51. The molecule has 1 unspecified atom stereocenters. The number of aliphatic hydroxyl groups excluding tert-OH is 1. The van der Waals surface area contributed by atoms with Gasteiger partial charge in [-0.05, 0) is 43.5 Å². The fraction of sp³-hybridized carbons (Fsp3) is 0.500. The molecule has 5 nitrogen and oxygen atoms in total. The first-order chi connectivity index (χ1) is 9.58. The normalized spacial score (nSPS) is 19.8. The fourth-order valence-electron chi connectivity index (χ4n) is 2.47. The number of carbonyl (C=O) groups excluding carboxylic acids is 1. The van der Waals surface area contributed by atoms with Crippen molar-refractivity contribution in [2.45, 2.75) is 12.8 Å². The minimum atomic E-state index is -0.496. The highest BCUT2D eigenvalue weighted by atomic mass is 19.1. The molecule has 1 aromatic rings. The van der Waals surface area contributed by atoms with Gasteiger partial charge in [0.25, 0.3) is 0 Å². The minimum Gasteiger partial charge on any atom is -0.396 e. The second kappa shape index (κ2) is 6.67. The van der Waals surface area contributed by atoms with Crippen molar-refractivity contribution in [1.82, 2.24) is 4.90 Å². The van der Waals surface area contributed by atoms with Crippen LogP contribution in [0.15, 0.2) is 18.2 Å². The van der Waals surface area contributed by atoms with E-state index in [9.17, 15) is 9.18 Å². The lowest BCUT2D eigenvalue weighted by molar-refractivity contribution is -0.117. The standard InChI is InChI=1S/C14H20FN3O2/c15-12-4-3-11(6-13(12)16)17-14(20)8-18-5-1-2-10(7-18)9-19/h3-4,6,10,19H,1-2,5,7-9,16H2,(H,17,20). The number of hydrogen-bond acceptors (Lipinski definition) is 4. The Morgan fingerprint density at radius 3 is 3.05 bits per heavy atom. The van der Waals surface area contributed by atoms with Gasteiger partial charge in [0.2, 0.25) is 5.91 Å². The highest BCUT2D eigenvalue weighted by molar-refractivity contribution is 5.92. The maximum Gasteiger partial charge on any atom is 0.238 e. The van der Waals surface area contributed by atoms with Crippen molar-refractivity contribution in [2.75, 3.05) is 37.3 Å². The van der Waals surface area contributed by atoms with Crippen LogP contribution in [0.1, 0.15) is 12.8 Å². The predicted octanol–water partition coefficient (Wildman–Crippen LogP) is 1.05. The van der Waals surface area contributed by atoms with Crippen LogP contribution in [0.25, 0.3) is 0 Å². The van der Waals surface area contributed by atoms with Crippen LogP contribution in [-0.4, -0.2) is 42.2 Å². The van der Waals surface area contributed by atoms with Crippen LogP contribution in [0.2, 0.25) is 0 Å². The molecule has 2 rings (SSSR count). The van der Waals surface area contributed by atoms with Crippen molar-refractivity contribution in [2.24, 2.45) is 5.92 Å². The quantitative estimate of drug-likeness (QED) is 0.721. The molecule has 1 saturated heterocycles. The molecule has 0 saturated carbocycles. The molecule has 20 heavy (non-hydrogen) atoms. The molecular formula is C14H20FN3O2. The number of carbonyl (C=O) groups is 1. The highest BCUT2D eigenvalue weighted by Crippen LogP contribution is 2.17. The van der Waals surface area contributed by atoms with Crippen molar-refractivity contribution in [3.8, 4) is 0 Å². The Labute approximate surface area is 117 Å². The van der Waals surface area contributed by atoms with Crippen molar-refractivity contribution >= 4 is 17.3 Å². The van der Waals surface area contributed by atoms with E-state index in [1.54, 1.807) is 0 Å². The maximum absolute atomic E-state index is 13.0. The van der Waals surface area contributed by atoms with Crippen LogP contribution in [-0.2, 0) is 4.79 Å². The molecule has 4 N–H and O–H groups in total. The summed E-state index contributed by atoms with van der Waals surface area (Å²) in [7, 11) is 0. The van der Waals surface area contributed by atoms with E-state index in [0.29, 0.717) is 5.69 Å². The summed E-state index contributed by atoms with van der Waals surface area (Å²) in [6.45, 7) is 2.02. The first kappa shape index (κ1) is 14.7. The van der Waals surface area contributed by atoms with Crippen LogP contribution < -0.4 is 11.1 Å². The summed E-state index contributed by atoms with van der Waals surface area (Å²) in [5.41, 5.74) is 5.96. The van der Waals surface area contributed by atoms with E-state index in [1.165, 1.54) is 18.2 Å². The SMILES string of the molecule is Nc1cc(NC(=O)CN2CCCC(CO)C2)ccc1F. The van der Waals surface area contributed by atoms with Gasteiger partial charge in [-0.15, -0.1) is 0 Å². The van der Waals surface area contributed by atoms with Gasteiger partial charge in [-0.1, -0.05) is 0 Å². The average Bonchev–Trinajstić information content (AvgIpc) is 2.43. The van der Waals surface area contributed by atoms with Gasteiger partial charge in [-0.2, -0.15) is 0 Å². The number of likely N-dealkylation sites (tertiary alicyclic amines) is 1. The van der Waals surface area contributed by atoms with E-state index in [2.05, 4.69) is 5.32 Å².